The van der Waals surface area contributed by atoms with E-state index < -0.39 is 6.04 Å². The second kappa shape index (κ2) is 6.29. The quantitative estimate of drug-likeness (QED) is 0.796. The lowest BCUT2D eigenvalue weighted by molar-refractivity contribution is 0.996. The van der Waals surface area contributed by atoms with E-state index in [9.17, 15) is 5.26 Å². The van der Waals surface area contributed by atoms with E-state index >= 15 is 0 Å². The Kier molecular flexibility index (Phi) is 4.71. The first-order valence-electron chi connectivity index (χ1n) is 5.47. The molecule has 2 rings (SSSR count). The molecule has 19 heavy (non-hydrogen) atoms. The van der Waals surface area contributed by atoms with Crippen LogP contribution in [0.4, 0.5) is 5.69 Å². The molecule has 0 aliphatic rings. The summed E-state index contributed by atoms with van der Waals surface area (Å²) in [4.78, 5) is 0. The number of nitrogens with zero attached hydrogens (tertiary/aromatic N) is 1. The van der Waals surface area contributed by atoms with Crippen molar-refractivity contribution >= 4 is 44.8 Å². The molecule has 1 unspecified atom stereocenters. The van der Waals surface area contributed by atoms with Crippen LogP contribution in [0.5, 0.6) is 0 Å². The highest BCUT2D eigenvalue weighted by Crippen LogP contribution is 2.28. The summed E-state index contributed by atoms with van der Waals surface area (Å²) in [7, 11) is 0. The first-order chi connectivity index (χ1) is 9.10. The second-order valence-corrected chi connectivity index (χ2v) is 5.62. The summed E-state index contributed by atoms with van der Waals surface area (Å²) in [5.74, 6) is 0. The average molecular weight is 356 g/mol. The molecule has 0 aromatic heterocycles. The third kappa shape index (κ3) is 3.63. The molecule has 96 valence electrons. The predicted octanol–water partition coefficient (Wildman–Crippen LogP) is 5.43. The largest absolute Gasteiger partial charge is 0.365 e. The zero-order chi connectivity index (χ0) is 13.8. The minimum atomic E-state index is -0.519. The summed E-state index contributed by atoms with van der Waals surface area (Å²) in [5, 5.41) is 13.5. The van der Waals surface area contributed by atoms with Gasteiger partial charge < -0.3 is 5.32 Å². The molecule has 0 fully saturated rings. The molecular formula is C14H9BrCl2N2. The van der Waals surface area contributed by atoms with E-state index in [0.717, 1.165) is 15.7 Å². The van der Waals surface area contributed by atoms with Crippen molar-refractivity contribution in [3.05, 3.63) is 62.5 Å². The number of benzene rings is 2. The number of anilines is 1. The topological polar surface area (TPSA) is 35.8 Å². The smallest absolute Gasteiger partial charge is 0.140 e. The minimum absolute atomic E-state index is 0.511. The Morgan fingerprint density at radius 3 is 2.32 bits per heavy atom. The molecule has 0 radical (unpaired) electrons. The van der Waals surface area contributed by atoms with Gasteiger partial charge in [0.15, 0.2) is 0 Å². The zero-order valence-corrected chi connectivity index (χ0v) is 12.8. The summed E-state index contributed by atoms with van der Waals surface area (Å²) in [5.41, 5.74) is 1.57. The molecule has 1 atom stereocenters. The van der Waals surface area contributed by atoms with E-state index in [-0.39, 0.29) is 0 Å². The normalized spacial score (nSPS) is 11.7. The SMILES string of the molecule is N#CC(Nc1ccccc1Br)c1cc(Cl)cc(Cl)c1. The number of para-hydroxylation sites is 1. The van der Waals surface area contributed by atoms with Crippen molar-refractivity contribution in [1.29, 1.82) is 5.26 Å². The molecule has 2 nitrogen and oxygen atoms in total. The van der Waals surface area contributed by atoms with Crippen LogP contribution in [-0.2, 0) is 0 Å². The van der Waals surface area contributed by atoms with E-state index in [1.165, 1.54) is 0 Å². The van der Waals surface area contributed by atoms with Crippen LogP contribution in [0, 0.1) is 11.3 Å². The molecule has 2 aromatic carbocycles. The highest BCUT2D eigenvalue weighted by molar-refractivity contribution is 9.10. The van der Waals surface area contributed by atoms with Gasteiger partial charge in [0.25, 0.3) is 0 Å². The van der Waals surface area contributed by atoms with Crippen LogP contribution >= 0.6 is 39.1 Å². The maximum atomic E-state index is 9.30. The molecular weight excluding hydrogens is 347 g/mol. The number of rotatable bonds is 3. The van der Waals surface area contributed by atoms with Crippen LogP contribution in [0.15, 0.2) is 46.9 Å². The third-order valence-electron chi connectivity index (χ3n) is 2.52. The minimum Gasteiger partial charge on any atom is -0.365 e. The number of nitriles is 1. The summed E-state index contributed by atoms with van der Waals surface area (Å²) < 4.78 is 0.892. The van der Waals surface area contributed by atoms with Crippen molar-refractivity contribution in [3.63, 3.8) is 0 Å². The van der Waals surface area contributed by atoms with E-state index in [1.54, 1.807) is 18.2 Å². The van der Waals surface area contributed by atoms with Gasteiger partial charge in [0.2, 0.25) is 0 Å². The van der Waals surface area contributed by atoms with Gasteiger partial charge in [0.05, 0.1) is 6.07 Å². The van der Waals surface area contributed by atoms with Gasteiger partial charge in [-0.3, -0.25) is 0 Å². The molecule has 0 aliphatic heterocycles. The lowest BCUT2D eigenvalue weighted by Gasteiger charge is -2.15. The van der Waals surface area contributed by atoms with Crippen molar-refractivity contribution in [2.75, 3.05) is 5.32 Å². The standard InChI is InChI=1S/C14H9BrCl2N2/c15-12-3-1-2-4-13(12)19-14(8-18)9-5-10(16)7-11(17)6-9/h1-7,14,19H. The average Bonchev–Trinajstić information content (AvgIpc) is 2.36. The summed E-state index contributed by atoms with van der Waals surface area (Å²) >= 11 is 15.3. The Bertz CT molecular complexity index is 617. The van der Waals surface area contributed by atoms with Crippen LogP contribution in [0.3, 0.4) is 0 Å². The van der Waals surface area contributed by atoms with Gasteiger partial charge in [-0.1, -0.05) is 35.3 Å². The van der Waals surface area contributed by atoms with Crippen molar-refractivity contribution < 1.29 is 0 Å². The third-order valence-corrected chi connectivity index (χ3v) is 3.65. The number of hydrogen-bond donors (Lipinski definition) is 1. The Labute approximate surface area is 130 Å². The summed E-state index contributed by atoms with van der Waals surface area (Å²) in [6, 6.07) is 14.4. The molecule has 0 spiro atoms. The molecule has 0 saturated heterocycles. The number of halogens is 3. The second-order valence-electron chi connectivity index (χ2n) is 3.89. The van der Waals surface area contributed by atoms with Gasteiger partial charge in [-0.25, -0.2) is 0 Å². The van der Waals surface area contributed by atoms with E-state index in [0.29, 0.717) is 10.0 Å². The zero-order valence-electron chi connectivity index (χ0n) is 9.70. The number of nitrogens with one attached hydrogen (secondary N) is 1. The van der Waals surface area contributed by atoms with Crippen LogP contribution in [0.2, 0.25) is 10.0 Å². The Balaban J connectivity index is 2.31. The van der Waals surface area contributed by atoms with Crippen molar-refractivity contribution in [2.24, 2.45) is 0 Å². The van der Waals surface area contributed by atoms with Gasteiger partial charge >= 0.3 is 0 Å². The molecule has 2 aromatic rings. The van der Waals surface area contributed by atoms with Crippen molar-refractivity contribution in [2.45, 2.75) is 6.04 Å². The Hall–Kier alpha value is -1.21. The van der Waals surface area contributed by atoms with Gasteiger partial charge in [0, 0.05) is 20.2 Å². The van der Waals surface area contributed by atoms with Crippen molar-refractivity contribution in [1.82, 2.24) is 0 Å². The maximum Gasteiger partial charge on any atom is 0.140 e. The molecule has 1 N–H and O–H groups in total. The molecule has 5 heteroatoms. The molecule has 0 saturated carbocycles. The van der Waals surface area contributed by atoms with E-state index in [1.807, 2.05) is 24.3 Å². The molecule has 0 amide bonds. The van der Waals surface area contributed by atoms with Gasteiger partial charge in [0.1, 0.15) is 6.04 Å². The monoisotopic (exact) mass is 354 g/mol. The van der Waals surface area contributed by atoms with Gasteiger partial charge in [-0.2, -0.15) is 5.26 Å². The molecule has 0 bridgehead atoms. The lowest BCUT2D eigenvalue weighted by atomic mass is 10.1. The fraction of sp³-hybridized carbons (Fsp3) is 0.0714. The summed E-state index contributed by atoms with van der Waals surface area (Å²) in [6.45, 7) is 0. The van der Waals surface area contributed by atoms with E-state index in [4.69, 9.17) is 23.2 Å². The van der Waals surface area contributed by atoms with Gasteiger partial charge in [-0.05, 0) is 51.8 Å². The van der Waals surface area contributed by atoms with Crippen LogP contribution < -0.4 is 5.32 Å². The van der Waals surface area contributed by atoms with Crippen LogP contribution in [0.1, 0.15) is 11.6 Å². The maximum absolute atomic E-state index is 9.30. The first kappa shape index (κ1) is 14.2. The predicted molar refractivity (Wildman–Crippen MR) is 82.6 cm³/mol. The highest BCUT2D eigenvalue weighted by Gasteiger charge is 2.13. The number of hydrogen-bond acceptors (Lipinski definition) is 2. The fourth-order valence-electron chi connectivity index (χ4n) is 1.67. The highest BCUT2D eigenvalue weighted by atomic mass is 79.9. The molecule has 0 aliphatic carbocycles. The molecule has 0 heterocycles. The fourth-order valence-corrected chi connectivity index (χ4v) is 2.61. The van der Waals surface area contributed by atoms with E-state index in [2.05, 4.69) is 27.3 Å². The van der Waals surface area contributed by atoms with Crippen molar-refractivity contribution in [3.8, 4) is 6.07 Å². The lowest BCUT2D eigenvalue weighted by Crippen LogP contribution is -2.08. The first-order valence-corrected chi connectivity index (χ1v) is 7.01. The summed E-state index contributed by atoms with van der Waals surface area (Å²) in [6.07, 6.45) is 0. The Morgan fingerprint density at radius 2 is 1.74 bits per heavy atom. The van der Waals surface area contributed by atoms with Crippen LogP contribution in [0.25, 0.3) is 0 Å². The Morgan fingerprint density at radius 1 is 1.11 bits per heavy atom. The van der Waals surface area contributed by atoms with Gasteiger partial charge in [-0.15, -0.1) is 0 Å². The van der Waals surface area contributed by atoms with Crippen LogP contribution in [-0.4, -0.2) is 0 Å².